The van der Waals surface area contributed by atoms with Crippen LogP contribution in [0.15, 0.2) is 29.2 Å². The molecule has 1 aromatic rings. The highest BCUT2D eigenvalue weighted by molar-refractivity contribution is 7.89. The number of carbonyl (C=O) groups is 3. The van der Waals surface area contributed by atoms with E-state index in [4.69, 9.17) is 0 Å². The Balaban J connectivity index is 2.17. The van der Waals surface area contributed by atoms with E-state index in [0.29, 0.717) is 6.42 Å². The van der Waals surface area contributed by atoms with Crippen molar-refractivity contribution < 1.29 is 27.9 Å². The van der Waals surface area contributed by atoms with Crippen LogP contribution in [0, 0.1) is 0 Å². The number of sulfonamides is 1. The molecule has 1 atom stereocenters. The molecule has 2 rings (SSSR count). The number of rotatable bonds is 7. The van der Waals surface area contributed by atoms with E-state index < -0.39 is 27.4 Å². The van der Waals surface area contributed by atoms with Crippen molar-refractivity contribution in [3.8, 4) is 0 Å². The first-order valence-corrected chi connectivity index (χ1v) is 9.97. The van der Waals surface area contributed by atoms with Crippen LogP contribution in [0.1, 0.15) is 37.0 Å². The highest BCUT2D eigenvalue weighted by Gasteiger charge is 2.34. The van der Waals surface area contributed by atoms with Crippen LogP contribution >= 0.6 is 0 Å². The number of hydrogen-bond donors (Lipinski definition) is 3. The van der Waals surface area contributed by atoms with Gasteiger partial charge in [-0.15, -0.1) is 0 Å². The lowest BCUT2D eigenvalue weighted by atomic mass is 9.96. The molecule has 10 heteroatoms. The van der Waals surface area contributed by atoms with E-state index in [2.05, 4.69) is 10.6 Å². The summed E-state index contributed by atoms with van der Waals surface area (Å²) in [6, 6.07) is 5.18. The molecule has 0 aliphatic carbocycles. The number of aliphatic carboxylic acids is 1. The third-order valence-corrected chi connectivity index (χ3v) is 6.23. The molecule has 9 nitrogen and oxygen atoms in total. The Bertz CT molecular complexity index is 837. The molecule has 1 aliphatic rings. The minimum Gasteiger partial charge on any atom is -0.480 e. The Hall–Kier alpha value is -2.46. The number of carboxylic acid groups (broad SMARTS) is 1. The van der Waals surface area contributed by atoms with Crippen molar-refractivity contribution in [3.05, 3.63) is 29.8 Å². The fraction of sp³-hybridized carbons (Fsp3) is 0.471. The highest BCUT2D eigenvalue weighted by atomic mass is 32.2. The van der Waals surface area contributed by atoms with Crippen LogP contribution in [0.5, 0.6) is 0 Å². The molecule has 0 spiro atoms. The molecule has 2 amide bonds. The summed E-state index contributed by atoms with van der Waals surface area (Å²) in [5.41, 5.74) is -1.26. The summed E-state index contributed by atoms with van der Waals surface area (Å²) in [7, 11) is -3.85. The van der Waals surface area contributed by atoms with Crippen molar-refractivity contribution in [1.82, 2.24) is 14.9 Å². The average molecular weight is 397 g/mol. The van der Waals surface area contributed by atoms with Gasteiger partial charge in [-0.25, -0.2) is 13.2 Å². The molecule has 1 aliphatic heterocycles. The largest absolute Gasteiger partial charge is 0.480 e. The zero-order chi connectivity index (χ0) is 20.2. The Kier molecular flexibility index (Phi) is 6.22. The lowest BCUT2D eigenvalue weighted by molar-refractivity contribution is -0.144. The maximum absolute atomic E-state index is 12.6. The van der Waals surface area contributed by atoms with E-state index in [1.807, 2.05) is 6.92 Å². The number of nitrogens with one attached hydrogen (secondary N) is 2. The zero-order valence-corrected chi connectivity index (χ0v) is 16.0. The summed E-state index contributed by atoms with van der Waals surface area (Å²) < 4.78 is 26.2. The third-order valence-electron chi connectivity index (χ3n) is 4.37. The standard InChI is InChI=1S/C17H23N3O6S/c1-3-8-17(2,16(23)24)19-15(22)12-4-6-13(7-5-12)27(25,26)20-10-9-18-14(21)11-20/h4-7H,3,8-11H2,1-2H3,(H,18,21)(H,19,22)(H,23,24). The van der Waals surface area contributed by atoms with Gasteiger partial charge in [-0.3, -0.25) is 9.59 Å². The zero-order valence-electron chi connectivity index (χ0n) is 15.2. The van der Waals surface area contributed by atoms with Gasteiger partial charge in [-0.2, -0.15) is 4.31 Å². The van der Waals surface area contributed by atoms with Crippen LogP contribution in [0.2, 0.25) is 0 Å². The Morgan fingerprint density at radius 1 is 1.30 bits per heavy atom. The number of benzene rings is 1. The van der Waals surface area contributed by atoms with E-state index in [1.54, 1.807) is 0 Å². The van der Waals surface area contributed by atoms with Crippen molar-refractivity contribution in [2.45, 2.75) is 37.1 Å². The number of carboxylic acids is 1. The van der Waals surface area contributed by atoms with E-state index in [-0.39, 0.29) is 42.4 Å². The van der Waals surface area contributed by atoms with Gasteiger partial charge in [0.1, 0.15) is 5.54 Å². The smallest absolute Gasteiger partial charge is 0.329 e. The molecule has 1 unspecified atom stereocenters. The van der Waals surface area contributed by atoms with Gasteiger partial charge in [0.2, 0.25) is 15.9 Å². The lowest BCUT2D eigenvalue weighted by Crippen LogP contribution is -2.52. The van der Waals surface area contributed by atoms with Crippen molar-refractivity contribution in [1.29, 1.82) is 0 Å². The minimum absolute atomic E-state index is 0.0386. The third kappa shape index (κ3) is 4.64. The van der Waals surface area contributed by atoms with E-state index in [1.165, 1.54) is 31.2 Å². The Labute approximate surface area is 157 Å². The second-order valence-corrected chi connectivity index (χ2v) is 8.49. The van der Waals surface area contributed by atoms with E-state index >= 15 is 0 Å². The number of carbonyl (C=O) groups excluding carboxylic acids is 2. The molecular formula is C17H23N3O6S. The molecule has 1 heterocycles. The maximum atomic E-state index is 12.6. The fourth-order valence-electron chi connectivity index (χ4n) is 2.79. The van der Waals surface area contributed by atoms with Gasteiger partial charge in [0.15, 0.2) is 0 Å². The molecule has 0 saturated carbocycles. The van der Waals surface area contributed by atoms with Crippen LogP contribution in [-0.2, 0) is 19.6 Å². The molecule has 148 valence electrons. The Morgan fingerprint density at radius 3 is 2.44 bits per heavy atom. The molecule has 3 N–H and O–H groups in total. The summed E-state index contributed by atoms with van der Waals surface area (Å²) in [6.07, 6.45) is 0.835. The van der Waals surface area contributed by atoms with Crippen LogP contribution in [0.3, 0.4) is 0 Å². The fourth-order valence-corrected chi connectivity index (χ4v) is 4.19. The SMILES string of the molecule is CCCC(C)(NC(=O)c1ccc(S(=O)(=O)N2CCNC(=O)C2)cc1)C(=O)O. The normalized spacial score (nSPS) is 17.6. The molecular weight excluding hydrogens is 374 g/mol. The number of hydrogen-bond acceptors (Lipinski definition) is 5. The molecule has 1 fully saturated rings. The topological polar surface area (TPSA) is 133 Å². The molecule has 1 aromatic carbocycles. The van der Waals surface area contributed by atoms with Crippen LogP contribution < -0.4 is 10.6 Å². The van der Waals surface area contributed by atoms with Crippen molar-refractivity contribution in [3.63, 3.8) is 0 Å². The monoisotopic (exact) mass is 397 g/mol. The Morgan fingerprint density at radius 2 is 1.93 bits per heavy atom. The number of nitrogens with zero attached hydrogens (tertiary/aromatic N) is 1. The van der Waals surface area contributed by atoms with Crippen molar-refractivity contribution in [2.24, 2.45) is 0 Å². The summed E-state index contributed by atoms with van der Waals surface area (Å²) >= 11 is 0. The van der Waals surface area contributed by atoms with Gasteiger partial charge in [-0.1, -0.05) is 13.3 Å². The van der Waals surface area contributed by atoms with E-state index in [0.717, 1.165) is 4.31 Å². The lowest BCUT2D eigenvalue weighted by Gasteiger charge is -2.26. The first kappa shape index (κ1) is 20.8. The summed E-state index contributed by atoms with van der Waals surface area (Å²) in [4.78, 5) is 35.2. The minimum atomic E-state index is -3.85. The molecule has 0 bridgehead atoms. The second kappa shape index (κ2) is 8.05. The molecule has 1 saturated heterocycles. The van der Waals surface area contributed by atoms with Gasteiger partial charge < -0.3 is 15.7 Å². The highest BCUT2D eigenvalue weighted by Crippen LogP contribution is 2.18. The predicted octanol–water partition coefficient (Wildman–Crippen LogP) is 0.180. The van der Waals surface area contributed by atoms with Crippen LogP contribution in [0.4, 0.5) is 0 Å². The number of piperazine rings is 1. The van der Waals surface area contributed by atoms with Gasteiger partial charge in [0, 0.05) is 18.7 Å². The van der Waals surface area contributed by atoms with E-state index in [9.17, 15) is 27.9 Å². The van der Waals surface area contributed by atoms with Crippen LogP contribution in [-0.4, -0.2) is 60.8 Å². The van der Waals surface area contributed by atoms with Gasteiger partial charge in [0.25, 0.3) is 5.91 Å². The molecule has 0 aromatic heterocycles. The first-order chi connectivity index (χ1) is 12.6. The van der Waals surface area contributed by atoms with Gasteiger partial charge in [0.05, 0.1) is 11.4 Å². The quantitative estimate of drug-likeness (QED) is 0.601. The maximum Gasteiger partial charge on any atom is 0.329 e. The summed E-state index contributed by atoms with van der Waals surface area (Å²) in [5, 5.41) is 14.4. The predicted molar refractivity (Wildman–Crippen MR) is 96.6 cm³/mol. The first-order valence-electron chi connectivity index (χ1n) is 8.53. The summed E-state index contributed by atoms with van der Waals surface area (Å²) in [6.45, 7) is 3.40. The second-order valence-electron chi connectivity index (χ2n) is 6.55. The van der Waals surface area contributed by atoms with Gasteiger partial charge in [-0.05, 0) is 37.6 Å². The van der Waals surface area contributed by atoms with Crippen molar-refractivity contribution >= 4 is 27.8 Å². The molecule has 27 heavy (non-hydrogen) atoms. The molecule has 0 radical (unpaired) electrons. The summed E-state index contributed by atoms with van der Waals surface area (Å²) in [5.74, 6) is -2.11. The van der Waals surface area contributed by atoms with Crippen molar-refractivity contribution in [2.75, 3.05) is 19.6 Å². The number of amides is 2. The van der Waals surface area contributed by atoms with Gasteiger partial charge >= 0.3 is 5.97 Å². The van der Waals surface area contributed by atoms with Crippen LogP contribution in [0.25, 0.3) is 0 Å². The average Bonchev–Trinajstić information content (AvgIpc) is 2.62.